The van der Waals surface area contributed by atoms with E-state index in [1.165, 1.54) is 0 Å². The predicted molar refractivity (Wildman–Crippen MR) is 105 cm³/mol. The number of likely N-dealkylation sites (tertiary alicyclic amines) is 1. The first-order valence-corrected chi connectivity index (χ1v) is 9.51. The van der Waals surface area contributed by atoms with Crippen molar-refractivity contribution in [3.8, 4) is 0 Å². The summed E-state index contributed by atoms with van der Waals surface area (Å²) in [6.45, 7) is 10.1. The van der Waals surface area contributed by atoms with Crippen LogP contribution in [-0.4, -0.2) is 43.2 Å². The number of pyridine rings is 1. The molecule has 7 heteroatoms. The summed E-state index contributed by atoms with van der Waals surface area (Å²) in [4.78, 5) is 18.5. The number of para-hydroxylation sites is 1. The lowest BCUT2D eigenvalue weighted by Crippen LogP contribution is -2.36. The molecule has 0 radical (unpaired) electrons. The fraction of sp³-hybridized carbons (Fsp3) is 0.500. The number of nitrogens with one attached hydrogen (secondary N) is 1. The van der Waals surface area contributed by atoms with Gasteiger partial charge < -0.3 is 4.98 Å². The maximum Gasteiger partial charge on any atom is 0.253 e. The van der Waals surface area contributed by atoms with Crippen molar-refractivity contribution >= 4 is 10.9 Å². The third-order valence-electron chi connectivity index (χ3n) is 5.29. The molecule has 1 aliphatic heterocycles. The number of fused-ring (bicyclic) bond motifs is 1. The second kappa shape index (κ2) is 6.56. The monoisotopic (exact) mass is 366 g/mol. The van der Waals surface area contributed by atoms with Crippen molar-refractivity contribution < 1.29 is 0 Å². The Hall–Kier alpha value is -2.54. The molecule has 0 unspecified atom stereocenters. The minimum absolute atomic E-state index is 0.0721. The number of tetrazole rings is 1. The molecule has 0 amide bonds. The first kappa shape index (κ1) is 17.9. The Balaban J connectivity index is 1.93. The highest BCUT2D eigenvalue weighted by Crippen LogP contribution is 2.31. The van der Waals surface area contributed by atoms with E-state index >= 15 is 0 Å². The number of hydrogen-bond acceptors (Lipinski definition) is 5. The van der Waals surface area contributed by atoms with E-state index in [1.54, 1.807) is 0 Å². The van der Waals surface area contributed by atoms with Crippen molar-refractivity contribution in [2.75, 3.05) is 13.1 Å². The third-order valence-corrected chi connectivity index (χ3v) is 5.29. The molecule has 3 heterocycles. The SMILES string of the molecule is Cc1cccc2cc([C@@H](c3nnnn3C(C)(C)C)N3CCCC3)c(=O)[nH]c12. The van der Waals surface area contributed by atoms with Crippen molar-refractivity contribution in [3.63, 3.8) is 0 Å². The Labute approximate surface area is 158 Å². The first-order valence-electron chi connectivity index (χ1n) is 9.51. The van der Waals surface area contributed by atoms with Crippen LogP contribution in [0.25, 0.3) is 10.9 Å². The summed E-state index contributed by atoms with van der Waals surface area (Å²) in [5.74, 6) is 0.724. The Kier molecular flexibility index (Phi) is 4.34. The molecule has 1 aliphatic rings. The fourth-order valence-corrected chi connectivity index (χ4v) is 3.94. The van der Waals surface area contributed by atoms with Gasteiger partial charge in [0.1, 0.15) is 6.04 Å². The molecule has 4 rings (SSSR count). The van der Waals surface area contributed by atoms with E-state index in [2.05, 4.69) is 46.2 Å². The number of aromatic amines is 1. The molecule has 1 atom stereocenters. The highest BCUT2D eigenvalue weighted by Gasteiger charge is 2.34. The van der Waals surface area contributed by atoms with Gasteiger partial charge in [0.2, 0.25) is 0 Å². The second-order valence-electron chi connectivity index (χ2n) is 8.36. The maximum absolute atomic E-state index is 13.1. The van der Waals surface area contributed by atoms with Crippen molar-refractivity contribution in [1.82, 2.24) is 30.1 Å². The zero-order valence-electron chi connectivity index (χ0n) is 16.4. The lowest BCUT2D eigenvalue weighted by molar-refractivity contribution is 0.241. The first-order chi connectivity index (χ1) is 12.9. The zero-order chi connectivity index (χ0) is 19.2. The van der Waals surface area contributed by atoms with Crippen LogP contribution in [0.3, 0.4) is 0 Å². The van der Waals surface area contributed by atoms with E-state index in [9.17, 15) is 4.79 Å². The second-order valence-corrected chi connectivity index (χ2v) is 8.36. The van der Waals surface area contributed by atoms with E-state index in [-0.39, 0.29) is 17.1 Å². The number of benzene rings is 1. The molecule has 0 aliphatic carbocycles. The smallest absolute Gasteiger partial charge is 0.253 e. The quantitative estimate of drug-likeness (QED) is 0.771. The molecule has 27 heavy (non-hydrogen) atoms. The predicted octanol–water partition coefficient (Wildman–Crippen LogP) is 2.76. The van der Waals surface area contributed by atoms with Crippen LogP contribution in [0.1, 0.15) is 56.6 Å². The Morgan fingerprint density at radius 2 is 1.93 bits per heavy atom. The Morgan fingerprint density at radius 1 is 1.19 bits per heavy atom. The van der Waals surface area contributed by atoms with Crippen LogP contribution in [0, 0.1) is 6.92 Å². The highest BCUT2D eigenvalue weighted by atomic mass is 16.1. The van der Waals surface area contributed by atoms with Crippen LogP contribution in [0.2, 0.25) is 0 Å². The van der Waals surface area contributed by atoms with E-state index in [1.807, 2.05) is 35.9 Å². The summed E-state index contributed by atoms with van der Waals surface area (Å²) in [7, 11) is 0. The summed E-state index contributed by atoms with van der Waals surface area (Å²) in [6.07, 6.45) is 2.25. The number of aromatic nitrogens is 5. The van der Waals surface area contributed by atoms with E-state index in [0.29, 0.717) is 5.56 Å². The number of H-pyrrole nitrogens is 1. The maximum atomic E-state index is 13.1. The summed E-state index contributed by atoms with van der Waals surface area (Å²) < 4.78 is 1.84. The molecule has 1 N–H and O–H groups in total. The normalized spacial score (nSPS) is 16.9. The van der Waals surface area contributed by atoms with Gasteiger partial charge in [0.15, 0.2) is 5.82 Å². The number of hydrogen-bond donors (Lipinski definition) is 1. The van der Waals surface area contributed by atoms with Gasteiger partial charge in [-0.05, 0) is 81.1 Å². The van der Waals surface area contributed by atoms with Crippen LogP contribution in [-0.2, 0) is 5.54 Å². The molecule has 3 aromatic rings. The molecule has 0 spiro atoms. The third kappa shape index (κ3) is 3.16. The molecule has 2 aromatic heterocycles. The summed E-state index contributed by atoms with van der Waals surface area (Å²) >= 11 is 0. The molecular formula is C20H26N6O. The summed E-state index contributed by atoms with van der Waals surface area (Å²) in [5, 5.41) is 13.5. The number of nitrogens with zero attached hydrogens (tertiary/aromatic N) is 5. The molecule has 1 aromatic carbocycles. The standard InChI is InChI=1S/C20H26N6O/c1-13-8-7-9-14-12-15(19(27)21-16(13)14)17(25-10-5-6-11-25)18-22-23-24-26(18)20(2,3)4/h7-9,12,17H,5-6,10-11H2,1-4H3,(H,21,27)/t17-/m0/s1. The Bertz CT molecular complexity index is 1020. The van der Waals surface area contributed by atoms with E-state index < -0.39 is 0 Å². The summed E-state index contributed by atoms with van der Waals surface area (Å²) in [5.41, 5.74) is 2.32. The van der Waals surface area contributed by atoms with Gasteiger partial charge in [-0.25, -0.2) is 4.68 Å². The van der Waals surface area contributed by atoms with Crippen molar-refractivity contribution in [2.45, 2.75) is 52.1 Å². The topological polar surface area (TPSA) is 79.7 Å². The number of rotatable bonds is 3. The van der Waals surface area contributed by atoms with Crippen molar-refractivity contribution in [3.05, 3.63) is 51.6 Å². The van der Waals surface area contributed by atoms with Crippen LogP contribution in [0.15, 0.2) is 29.1 Å². The average molecular weight is 366 g/mol. The van der Waals surface area contributed by atoms with Crippen LogP contribution < -0.4 is 5.56 Å². The van der Waals surface area contributed by atoms with Crippen LogP contribution in [0.4, 0.5) is 0 Å². The molecule has 142 valence electrons. The molecule has 1 fully saturated rings. The average Bonchev–Trinajstić information content (AvgIpc) is 3.28. The molecule has 0 bridgehead atoms. The van der Waals surface area contributed by atoms with Crippen LogP contribution in [0.5, 0.6) is 0 Å². The fourth-order valence-electron chi connectivity index (χ4n) is 3.94. The zero-order valence-corrected chi connectivity index (χ0v) is 16.4. The molecular weight excluding hydrogens is 340 g/mol. The Morgan fingerprint density at radius 3 is 2.63 bits per heavy atom. The van der Waals surface area contributed by atoms with Crippen molar-refractivity contribution in [2.24, 2.45) is 0 Å². The van der Waals surface area contributed by atoms with Gasteiger partial charge in [-0.2, -0.15) is 0 Å². The summed E-state index contributed by atoms with van der Waals surface area (Å²) in [6, 6.07) is 7.82. The highest BCUT2D eigenvalue weighted by molar-refractivity contribution is 5.82. The van der Waals surface area contributed by atoms with Gasteiger partial charge in [0, 0.05) is 5.56 Å². The lowest BCUT2D eigenvalue weighted by atomic mass is 10.0. The molecule has 7 nitrogen and oxygen atoms in total. The molecule has 1 saturated heterocycles. The van der Waals surface area contributed by atoms with Gasteiger partial charge in [-0.1, -0.05) is 18.2 Å². The minimum atomic E-state index is -0.267. The lowest BCUT2D eigenvalue weighted by Gasteiger charge is -2.29. The van der Waals surface area contributed by atoms with E-state index in [0.717, 1.165) is 48.2 Å². The van der Waals surface area contributed by atoms with Gasteiger partial charge in [0.25, 0.3) is 5.56 Å². The van der Waals surface area contributed by atoms with Gasteiger partial charge in [-0.3, -0.25) is 9.69 Å². The number of aryl methyl sites for hydroxylation is 1. The minimum Gasteiger partial charge on any atom is -0.321 e. The van der Waals surface area contributed by atoms with E-state index in [4.69, 9.17) is 0 Å². The van der Waals surface area contributed by atoms with Gasteiger partial charge >= 0.3 is 0 Å². The van der Waals surface area contributed by atoms with Gasteiger partial charge in [0.05, 0.1) is 11.1 Å². The molecule has 0 saturated carbocycles. The van der Waals surface area contributed by atoms with Crippen molar-refractivity contribution in [1.29, 1.82) is 0 Å². The van der Waals surface area contributed by atoms with Crippen LogP contribution >= 0.6 is 0 Å². The van der Waals surface area contributed by atoms with Gasteiger partial charge in [-0.15, -0.1) is 5.10 Å². The largest absolute Gasteiger partial charge is 0.321 e.